The van der Waals surface area contributed by atoms with Crippen LogP contribution in [0.3, 0.4) is 0 Å². The Balaban J connectivity index is 1.97. The lowest BCUT2D eigenvalue weighted by molar-refractivity contribution is 0.561. The van der Waals surface area contributed by atoms with Gasteiger partial charge in [0.25, 0.3) is 0 Å². The number of halogens is 2. The van der Waals surface area contributed by atoms with Gasteiger partial charge < -0.3 is 5.32 Å². The summed E-state index contributed by atoms with van der Waals surface area (Å²) in [5.74, 6) is 0. The summed E-state index contributed by atoms with van der Waals surface area (Å²) in [5.41, 5.74) is 2.20. The number of nitrogens with one attached hydrogen (secondary N) is 1. The van der Waals surface area contributed by atoms with Crippen molar-refractivity contribution in [1.82, 2.24) is 10.3 Å². The van der Waals surface area contributed by atoms with E-state index in [0.29, 0.717) is 0 Å². The van der Waals surface area contributed by atoms with E-state index in [-0.39, 0.29) is 6.04 Å². The highest BCUT2D eigenvalue weighted by molar-refractivity contribution is 9.10. The van der Waals surface area contributed by atoms with Crippen LogP contribution in [0.15, 0.2) is 47.1 Å². The van der Waals surface area contributed by atoms with Crippen molar-refractivity contribution in [3.63, 3.8) is 0 Å². The molecule has 0 fully saturated rings. The zero-order valence-corrected chi connectivity index (χ0v) is 12.4. The van der Waals surface area contributed by atoms with Gasteiger partial charge in [0.2, 0.25) is 0 Å². The van der Waals surface area contributed by atoms with Crippen molar-refractivity contribution in [3.8, 4) is 0 Å². The maximum absolute atomic E-state index is 6.06. The Bertz CT molecular complexity index is 516. The molecule has 0 aliphatic rings. The zero-order valence-electron chi connectivity index (χ0n) is 10.0. The van der Waals surface area contributed by atoms with E-state index in [9.17, 15) is 0 Å². The summed E-state index contributed by atoms with van der Waals surface area (Å²) in [6, 6.07) is 12.1. The van der Waals surface area contributed by atoms with Crippen molar-refractivity contribution in [2.75, 3.05) is 0 Å². The molecule has 2 nitrogen and oxygen atoms in total. The molecule has 1 aromatic carbocycles. The van der Waals surface area contributed by atoms with Gasteiger partial charge in [0.05, 0.1) is 10.7 Å². The lowest BCUT2D eigenvalue weighted by Gasteiger charge is -2.13. The third kappa shape index (κ3) is 3.55. The molecule has 1 heterocycles. The fourth-order valence-corrected chi connectivity index (χ4v) is 2.11. The van der Waals surface area contributed by atoms with E-state index in [0.717, 1.165) is 27.3 Å². The Morgan fingerprint density at radius 1 is 1.33 bits per heavy atom. The molecule has 18 heavy (non-hydrogen) atoms. The highest BCUT2D eigenvalue weighted by Crippen LogP contribution is 2.23. The highest BCUT2D eigenvalue weighted by Gasteiger charge is 2.06. The first kappa shape index (κ1) is 13.5. The molecule has 0 aliphatic heterocycles. The summed E-state index contributed by atoms with van der Waals surface area (Å²) in [7, 11) is 0. The van der Waals surface area contributed by atoms with Gasteiger partial charge in [-0.1, -0.05) is 23.7 Å². The quantitative estimate of drug-likeness (QED) is 0.904. The van der Waals surface area contributed by atoms with Gasteiger partial charge in [-0.15, -0.1) is 0 Å². The van der Waals surface area contributed by atoms with Crippen LogP contribution in [0.2, 0.25) is 5.02 Å². The van der Waals surface area contributed by atoms with Crippen LogP contribution in [0, 0.1) is 0 Å². The molecule has 0 spiro atoms. The zero-order chi connectivity index (χ0) is 13.0. The smallest absolute Gasteiger partial charge is 0.0570 e. The van der Waals surface area contributed by atoms with Crippen molar-refractivity contribution in [3.05, 3.63) is 63.3 Å². The Kier molecular flexibility index (Phi) is 4.75. The van der Waals surface area contributed by atoms with Crippen LogP contribution in [-0.4, -0.2) is 4.98 Å². The van der Waals surface area contributed by atoms with E-state index in [1.54, 1.807) is 0 Å². The molecule has 2 aromatic rings. The molecular formula is C14H14BrClN2. The summed E-state index contributed by atoms with van der Waals surface area (Å²) in [4.78, 5) is 4.33. The van der Waals surface area contributed by atoms with Crippen LogP contribution in [-0.2, 0) is 6.54 Å². The summed E-state index contributed by atoms with van der Waals surface area (Å²) < 4.78 is 0.922. The van der Waals surface area contributed by atoms with E-state index in [2.05, 4.69) is 33.2 Å². The number of benzene rings is 1. The minimum Gasteiger partial charge on any atom is -0.305 e. The van der Waals surface area contributed by atoms with Crippen molar-refractivity contribution < 1.29 is 0 Å². The van der Waals surface area contributed by atoms with Crippen LogP contribution in [0.1, 0.15) is 24.2 Å². The highest BCUT2D eigenvalue weighted by atomic mass is 79.9. The lowest BCUT2D eigenvalue weighted by atomic mass is 10.2. The normalized spacial score (nSPS) is 12.4. The standard InChI is InChI=1S/C14H14BrClN2/c1-10(14-4-2-3-7-17-14)18-9-11-5-6-12(15)13(16)8-11/h2-8,10,18H,9H2,1H3. The molecule has 0 bridgehead atoms. The number of pyridine rings is 1. The molecule has 1 atom stereocenters. The molecule has 1 unspecified atom stereocenters. The molecule has 1 aromatic heterocycles. The van der Waals surface area contributed by atoms with E-state index < -0.39 is 0 Å². The summed E-state index contributed by atoms with van der Waals surface area (Å²) in [6.45, 7) is 2.87. The predicted octanol–water partition coefficient (Wildman–Crippen LogP) is 4.35. The van der Waals surface area contributed by atoms with Gasteiger partial charge in [-0.25, -0.2) is 0 Å². The Morgan fingerprint density at radius 3 is 2.83 bits per heavy atom. The van der Waals surface area contributed by atoms with Crippen molar-refractivity contribution in [1.29, 1.82) is 0 Å². The molecular weight excluding hydrogens is 312 g/mol. The van der Waals surface area contributed by atoms with Gasteiger partial charge in [-0.05, 0) is 52.7 Å². The monoisotopic (exact) mass is 324 g/mol. The van der Waals surface area contributed by atoms with Crippen LogP contribution >= 0.6 is 27.5 Å². The summed E-state index contributed by atoms with van der Waals surface area (Å²) in [6.07, 6.45) is 1.81. The van der Waals surface area contributed by atoms with Gasteiger partial charge >= 0.3 is 0 Å². The maximum Gasteiger partial charge on any atom is 0.0570 e. The number of rotatable bonds is 4. The number of nitrogens with zero attached hydrogens (tertiary/aromatic N) is 1. The number of aromatic nitrogens is 1. The SMILES string of the molecule is CC(NCc1ccc(Br)c(Cl)c1)c1ccccn1. The Labute approximate surface area is 121 Å². The van der Waals surface area contributed by atoms with Gasteiger partial charge in [-0.2, -0.15) is 0 Å². The molecule has 4 heteroatoms. The first-order valence-electron chi connectivity index (χ1n) is 5.75. The van der Waals surface area contributed by atoms with Crippen molar-refractivity contribution in [2.24, 2.45) is 0 Å². The van der Waals surface area contributed by atoms with Crippen LogP contribution in [0.4, 0.5) is 0 Å². The van der Waals surface area contributed by atoms with Crippen LogP contribution in [0.25, 0.3) is 0 Å². The second-order valence-electron chi connectivity index (χ2n) is 4.11. The second-order valence-corrected chi connectivity index (χ2v) is 5.37. The Hall–Kier alpha value is -0.900. The molecule has 1 N–H and O–H groups in total. The number of hydrogen-bond acceptors (Lipinski definition) is 2. The topological polar surface area (TPSA) is 24.9 Å². The minimum atomic E-state index is 0.216. The third-order valence-corrected chi connectivity index (χ3v) is 3.96. The average molecular weight is 326 g/mol. The van der Waals surface area contributed by atoms with Gasteiger partial charge in [0.1, 0.15) is 0 Å². The number of hydrogen-bond donors (Lipinski definition) is 1. The lowest BCUT2D eigenvalue weighted by Crippen LogP contribution is -2.18. The summed E-state index contributed by atoms with van der Waals surface area (Å²) >= 11 is 9.44. The molecule has 94 valence electrons. The van der Waals surface area contributed by atoms with Crippen LogP contribution < -0.4 is 5.32 Å². The molecule has 0 saturated heterocycles. The predicted molar refractivity (Wildman–Crippen MR) is 78.6 cm³/mol. The molecule has 2 rings (SSSR count). The van der Waals surface area contributed by atoms with E-state index in [1.165, 1.54) is 0 Å². The first-order chi connectivity index (χ1) is 8.66. The average Bonchev–Trinajstić information content (AvgIpc) is 2.41. The van der Waals surface area contributed by atoms with Crippen molar-refractivity contribution in [2.45, 2.75) is 19.5 Å². The first-order valence-corrected chi connectivity index (χ1v) is 6.92. The van der Waals surface area contributed by atoms with Gasteiger partial charge in [0, 0.05) is 23.3 Å². The van der Waals surface area contributed by atoms with Gasteiger partial charge in [-0.3, -0.25) is 4.98 Å². The molecule has 0 amide bonds. The minimum absolute atomic E-state index is 0.216. The van der Waals surface area contributed by atoms with Crippen LogP contribution in [0.5, 0.6) is 0 Å². The maximum atomic E-state index is 6.06. The molecule has 0 saturated carbocycles. The molecule has 0 aliphatic carbocycles. The van der Waals surface area contributed by atoms with E-state index in [1.807, 2.05) is 42.6 Å². The second kappa shape index (κ2) is 6.32. The molecule has 0 radical (unpaired) electrons. The largest absolute Gasteiger partial charge is 0.305 e. The van der Waals surface area contributed by atoms with E-state index >= 15 is 0 Å². The van der Waals surface area contributed by atoms with E-state index in [4.69, 9.17) is 11.6 Å². The van der Waals surface area contributed by atoms with Gasteiger partial charge in [0.15, 0.2) is 0 Å². The Morgan fingerprint density at radius 2 is 2.17 bits per heavy atom. The summed E-state index contributed by atoms with van der Waals surface area (Å²) in [5, 5.41) is 4.16. The van der Waals surface area contributed by atoms with Crippen molar-refractivity contribution >= 4 is 27.5 Å². The fourth-order valence-electron chi connectivity index (χ4n) is 1.66. The third-order valence-electron chi connectivity index (χ3n) is 2.73. The fraction of sp³-hybridized carbons (Fsp3) is 0.214.